The highest BCUT2D eigenvalue weighted by atomic mass is 19.1. The van der Waals surface area contributed by atoms with Crippen molar-refractivity contribution in [3.05, 3.63) is 42.2 Å². The molecular weight excluding hydrogens is 355 g/mol. The van der Waals surface area contributed by atoms with Gasteiger partial charge >= 0.3 is 5.97 Å². The fourth-order valence-electron chi connectivity index (χ4n) is 4.17. The van der Waals surface area contributed by atoms with E-state index in [1.165, 1.54) is 23.1 Å². The molecule has 1 spiro atoms. The predicted molar refractivity (Wildman–Crippen MR) is 92.0 cm³/mol. The molecule has 1 aromatic rings. The minimum absolute atomic E-state index is 0.176. The molecule has 1 N–H and O–H groups in total. The Bertz CT molecular complexity index is 841. The average molecular weight is 374 g/mol. The van der Waals surface area contributed by atoms with Crippen LogP contribution in [0.5, 0.6) is 0 Å². The van der Waals surface area contributed by atoms with Crippen molar-refractivity contribution < 1.29 is 28.2 Å². The van der Waals surface area contributed by atoms with Crippen LogP contribution in [-0.2, 0) is 23.9 Å². The molecule has 2 bridgehead atoms. The summed E-state index contributed by atoms with van der Waals surface area (Å²) in [5, 5.41) is 2.66. The highest BCUT2D eigenvalue weighted by Gasteiger charge is 2.66. The van der Waals surface area contributed by atoms with Crippen molar-refractivity contribution in [1.82, 2.24) is 4.90 Å². The average Bonchev–Trinajstić information content (AvgIpc) is 3.24. The van der Waals surface area contributed by atoms with Gasteiger partial charge in [0.2, 0.25) is 11.8 Å². The van der Waals surface area contributed by atoms with Gasteiger partial charge in [0.1, 0.15) is 18.0 Å². The third kappa shape index (κ3) is 2.90. The van der Waals surface area contributed by atoms with Crippen LogP contribution in [0.4, 0.5) is 10.1 Å². The van der Waals surface area contributed by atoms with Crippen LogP contribution in [-0.4, -0.2) is 54.1 Å². The maximum Gasteiger partial charge on any atom is 0.325 e. The van der Waals surface area contributed by atoms with E-state index in [9.17, 15) is 18.8 Å². The van der Waals surface area contributed by atoms with Gasteiger partial charge in [0.25, 0.3) is 0 Å². The minimum atomic E-state index is -0.905. The van der Waals surface area contributed by atoms with E-state index in [2.05, 4.69) is 5.32 Å². The van der Waals surface area contributed by atoms with Gasteiger partial charge < -0.3 is 19.7 Å². The molecule has 0 aromatic heterocycles. The second kappa shape index (κ2) is 6.45. The molecule has 2 fully saturated rings. The van der Waals surface area contributed by atoms with Crippen LogP contribution in [0.3, 0.4) is 0 Å². The van der Waals surface area contributed by atoms with Gasteiger partial charge in [-0.05, 0) is 25.1 Å². The minimum Gasteiger partial charge on any atom is -0.465 e. The number of nitrogens with zero attached hydrogens (tertiary/aromatic N) is 1. The maximum atomic E-state index is 13.4. The van der Waals surface area contributed by atoms with Crippen LogP contribution in [0.2, 0.25) is 0 Å². The molecule has 142 valence electrons. The van der Waals surface area contributed by atoms with E-state index >= 15 is 0 Å². The third-order valence-electron chi connectivity index (χ3n) is 5.20. The summed E-state index contributed by atoms with van der Waals surface area (Å²) in [6.45, 7) is 1.95. The van der Waals surface area contributed by atoms with Crippen molar-refractivity contribution in [1.29, 1.82) is 0 Å². The van der Waals surface area contributed by atoms with Gasteiger partial charge in [0.15, 0.2) is 0 Å². The molecule has 1 aromatic carbocycles. The Hall–Kier alpha value is -2.74. The first-order valence-electron chi connectivity index (χ1n) is 8.81. The first kappa shape index (κ1) is 17.7. The molecule has 27 heavy (non-hydrogen) atoms. The van der Waals surface area contributed by atoms with Crippen LogP contribution in [0, 0.1) is 17.7 Å². The number of esters is 1. The van der Waals surface area contributed by atoms with E-state index in [0.29, 0.717) is 5.69 Å². The van der Waals surface area contributed by atoms with Crippen molar-refractivity contribution >= 4 is 23.5 Å². The molecule has 4 rings (SSSR count). The fourth-order valence-corrected chi connectivity index (χ4v) is 4.17. The van der Waals surface area contributed by atoms with Crippen LogP contribution in [0.15, 0.2) is 36.4 Å². The SMILES string of the molecule is CCOC(=O)CN1CC23C=CC(O2)C(C(=O)Nc2cccc(F)c2)C3C1=O. The molecular formula is C19H19FN2O5. The number of hydrogen-bond donors (Lipinski definition) is 1. The number of anilines is 1. The van der Waals surface area contributed by atoms with Gasteiger partial charge in [0.05, 0.1) is 31.1 Å². The topological polar surface area (TPSA) is 84.9 Å². The largest absolute Gasteiger partial charge is 0.465 e. The Morgan fingerprint density at radius 3 is 3.00 bits per heavy atom. The number of carbonyl (C=O) groups is 3. The number of benzene rings is 1. The summed E-state index contributed by atoms with van der Waals surface area (Å²) < 4.78 is 24.2. The first-order valence-corrected chi connectivity index (χ1v) is 8.81. The van der Waals surface area contributed by atoms with Crippen molar-refractivity contribution in [2.45, 2.75) is 18.6 Å². The number of fused-ring (bicyclic) bond motifs is 1. The van der Waals surface area contributed by atoms with E-state index < -0.39 is 41.2 Å². The number of carbonyl (C=O) groups excluding carboxylic acids is 3. The summed E-state index contributed by atoms with van der Waals surface area (Å²) in [4.78, 5) is 38.9. The Morgan fingerprint density at radius 1 is 1.44 bits per heavy atom. The van der Waals surface area contributed by atoms with E-state index in [1.54, 1.807) is 25.1 Å². The lowest BCUT2D eigenvalue weighted by atomic mass is 9.77. The fraction of sp³-hybridized carbons (Fsp3) is 0.421. The van der Waals surface area contributed by atoms with Gasteiger partial charge in [-0.1, -0.05) is 18.2 Å². The summed E-state index contributed by atoms with van der Waals surface area (Å²) >= 11 is 0. The van der Waals surface area contributed by atoms with Crippen LogP contribution in [0.25, 0.3) is 0 Å². The molecule has 4 atom stereocenters. The summed E-state index contributed by atoms with van der Waals surface area (Å²) in [5.41, 5.74) is -0.590. The van der Waals surface area contributed by atoms with E-state index in [-0.39, 0.29) is 25.6 Å². The third-order valence-corrected chi connectivity index (χ3v) is 5.20. The highest BCUT2D eigenvalue weighted by molar-refractivity contribution is 5.99. The number of hydrogen-bond acceptors (Lipinski definition) is 5. The van der Waals surface area contributed by atoms with Gasteiger partial charge in [-0.2, -0.15) is 0 Å². The summed E-state index contributed by atoms with van der Waals surface area (Å²) in [6, 6.07) is 5.55. The van der Waals surface area contributed by atoms with Crippen LogP contribution < -0.4 is 5.32 Å². The zero-order valence-corrected chi connectivity index (χ0v) is 14.7. The lowest BCUT2D eigenvalue weighted by Crippen LogP contribution is -2.41. The summed E-state index contributed by atoms with van der Waals surface area (Å²) in [5.74, 6) is -3.14. The maximum absolute atomic E-state index is 13.4. The van der Waals surface area contributed by atoms with Crippen molar-refractivity contribution in [3.63, 3.8) is 0 Å². The molecule has 0 radical (unpaired) electrons. The van der Waals surface area contributed by atoms with Crippen LogP contribution >= 0.6 is 0 Å². The van der Waals surface area contributed by atoms with Gasteiger partial charge in [-0.3, -0.25) is 14.4 Å². The Labute approximate surface area is 155 Å². The molecule has 4 unspecified atom stereocenters. The molecule has 2 saturated heterocycles. The monoisotopic (exact) mass is 374 g/mol. The van der Waals surface area contributed by atoms with Crippen molar-refractivity contribution in [2.24, 2.45) is 11.8 Å². The van der Waals surface area contributed by atoms with Crippen molar-refractivity contribution in [3.8, 4) is 0 Å². The second-order valence-corrected chi connectivity index (χ2v) is 6.90. The molecule has 3 heterocycles. The smallest absolute Gasteiger partial charge is 0.325 e. The van der Waals surface area contributed by atoms with E-state index in [0.717, 1.165) is 0 Å². The van der Waals surface area contributed by atoms with Gasteiger partial charge in [-0.25, -0.2) is 4.39 Å². The van der Waals surface area contributed by atoms with Crippen LogP contribution in [0.1, 0.15) is 6.92 Å². The van der Waals surface area contributed by atoms with Gasteiger partial charge in [-0.15, -0.1) is 0 Å². The number of ether oxygens (including phenoxy) is 2. The molecule has 3 aliphatic heterocycles. The Morgan fingerprint density at radius 2 is 2.26 bits per heavy atom. The number of nitrogens with one attached hydrogen (secondary N) is 1. The number of likely N-dealkylation sites (tertiary alicyclic amines) is 1. The Balaban J connectivity index is 1.54. The molecule has 0 aliphatic carbocycles. The molecule has 3 aliphatic rings. The lowest BCUT2D eigenvalue weighted by Gasteiger charge is -2.23. The first-order chi connectivity index (χ1) is 12.9. The lowest BCUT2D eigenvalue weighted by molar-refractivity contribution is -0.148. The molecule has 8 heteroatoms. The molecule has 0 saturated carbocycles. The van der Waals surface area contributed by atoms with E-state index in [4.69, 9.17) is 9.47 Å². The summed E-state index contributed by atoms with van der Waals surface area (Å²) in [7, 11) is 0. The van der Waals surface area contributed by atoms with Gasteiger partial charge in [0, 0.05) is 5.69 Å². The predicted octanol–water partition coefficient (Wildman–Crippen LogP) is 1.11. The van der Waals surface area contributed by atoms with E-state index in [1.807, 2.05) is 0 Å². The molecule has 2 amide bonds. The quantitative estimate of drug-likeness (QED) is 0.617. The Kier molecular flexibility index (Phi) is 4.22. The zero-order chi connectivity index (χ0) is 19.2. The number of amides is 2. The number of halogens is 1. The number of rotatable bonds is 5. The normalized spacial score (nSPS) is 30.5. The zero-order valence-electron chi connectivity index (χ0n) is 14.7. The highest BCUT2D eigenvalue weighted by Crippen LogP contribution is 2.52. The standard InChI is InChI=1S/C19H19FN2O5/c1-2-26-14(23)9-22-10-19-7-6-13(27-19)15(16(19)18(22)25)17(24)21-12-5-3-4-11(20)8-12/h3-8,13,15-16H,2,9-10H2,1H3,(H,21,24). The van der Waals surface area contributed by atoms with Crippen molar-refractivity contribution in [2.75, 3.05) is 25.0 Å². The summed E-state index contributed by atoms with van der Waals surface area (Å²) in [6.07, 6.45) is 3.06. The molecule has 7 nitrogen and oxygen atoms in total. The second-order valence-electron chi connectivity index (χ2n) is 6.90.